The van der Waals surface area contributed by atoms with Crippen molar-refractivity contribution in [2.24, 2.45) is 0 Å². The minimum absolute atomic E-state index is 0.904. The van der Waals surface area contributed by atoms with Gasteiger partial charge in [-0.3, -0.25) is 4.98 Å². The van der Waals surface area contributed by atoms with Crippen molar-refractivity contribution in [3.63, 3.8) is 0 Å². The van der Waals surface area contributed by atoms with Crippen LogP contribution in [0.25, 0.3) is 0 Å². The van der Waals surface area contributed by atoms with E-state index in [0.29, 0.717) is 0 Å². The van der Waals surface area contributed by atoms with E-state index in [-0.39, 0.29) is 0 Å². The van der Waals surface area contributed by atoms with Gasteiger partial charge in [-0.2, -0.15) is 0 Å². The topological polar surface area (TPSA) is 19.4 Å². The summed E-state index contributed by atoms with van der Waals surface area (Å²) >= 11 is -1.75. The van der Waals surface area contributed by atoms with E-state index in [1.54, 1.807) is 0 Å². The van der Waals surface area contributed by atoms with Crippen LogP contribution in [-0.4, -0.2) is 43.0 Å². The average Bonchev–Trinajstić information content (AvgIpc) is 2.14. The van der Waals surface area contributed by atoms with E-state index < -0.39 is 13.0 Å². The second-order valence-corrected chi connectivity index (χ2v) is 12.2. The Morgan fingerprint density at radius 1 is 0.944 bits per heavy atom. The minimum atomic E-state index is -1.75. The summed E-state index contributed by atoms with van der Waals surface area (Å²) in [4.78, 5) is 8.82. The second kappa shape index (κ2) is 10.4. The van der Waals surface area contributed by atoms with Gasteiger partial charge in [-0.15, -0.1) is 0 Å². The first-order valence-electron chi connectivity index (χ1n) is 5.22. The summed E-state index contributed by atoms with van der Waals surface area (Å²) < 4.78 is 0. The first-order valence-corrected chi connectivity index (χ1v) is 11.9. The van der Waals surface area contributed by atoms with Gasteiger partial charge in [0, 0.05) is 13.1 Å². The molecule has 0 unspecified atom stereocenters. The van der Waals surface area contributed by atoms with E-state index in [9.17, 15) is 0 Å². The first-order chi connectivity index (χ1) is 8.31. The third kappa shape index (κ3) is 11.6. The summed E-state index contributed by atoms with van der Waals surface area (Å²) in [6.45, 7) is 1.81. The molecule has 0 radical (unpaired) electrons. The molecule has 1 heterocycles. The summed E-state index contributed by atoms with van der Waals surface area (Å²) in [6.07, 6.45) is 0. The van der Waals surface area contributed by atoms with E-state index in [4.69, 9.17) is 29.1 Å². The molecular weight excluding hydrogens is 382 g/mol. The quantitative estimate of drug-likeness (QED) is 0.723. The fraction of sp³-hybridized carbons (Fsp3) is 0.545. The monoisotopic (exact) mass is 400 g/mol. The maximum atomic E-state index is 4.95. The van der Waals surface area contributed by atoms with Crippen LogP contribution in [0.3, 0.4) is 0 Å². The molecule has 0 fully saturated rings. The molecule has 0 aromatic carbocycles. The standard InChI is InChI=1S/C11H19N3.3ClH.Ru/c1-13(2)8-10-6-5-7-11(12-10)9-14(3)4;;;;/h5-7H,8-9H2,1-4H3;3*1H;/q;;;;+3/p-3. The van der Waals surface area contributed by atoms with Gasteiger partial charge >= 0.3 is 42.1 Å². The fourth-order valence-electron chi connectivity index (χ4n) is 1.35. The molecule has 3 nitrogen and oxygen atoms in total. The Hall–Kier alpha value is 0.563. The van der Waals surface area contributed by atoms with Crippen molar-refractivity contribution < 1.29 is 13.0 Å². The molecule has 1 aromatic heterocycles. The summed E-state index contributed by atoms with van der Waals surface area (Å²) in [7, 11) is 23.1. The molecule has 0 aliphatic heterocycles. The molecule has 7 heteroatoms. The first kappa shape index (κ1) is 18.6. The number of rotatable bonds is 4. The second-order valence-electron chi connectivity index (χ2n) is 4.25. The van der Waals surface area contributed by atoms with Crippen LogP contribution in [0.5, 0.6) is 0 Å². The molecule has 107 valence electrons. The van der Waals surface area contributed by atoms with Crippen LogP contribution in [0.1, 0.15) is 11.4 Å². The predicted molar refractivity (Wildman–Crippen MR) is 76.6 cm³/mol. The Morgan fingerprint density at radius 3 is 1.56 bits per heavy atom. The van der Waals surface area contributed by atoms with Crippen LogP contribution >= 0.6 is 29.1 Å². The molecule has 0 saturated heterocycles. The Labute approximate surface area is 127 Å². The normalized spacial score (nSPS) is 11.3. The molecule has 0 atom stereocenters. The summed E-state index contributed by atoms with van der Waals surface area (Å²) in [5.74, 6) is 0. The van der Waals surface area contributed by atoms with Gasteiger partial charge in [0.15, 0.2) is 0 Å². The van der Waals surface area contributed by atoms with Crippen molar-refractivity contribution in [3.8, 4) is 0 Å². The number of hydrogen-bond acceptors (Lipinski definition) is 3. The molecule has 1 rings (SSSR count). The molecule has 0 saturated carbocycles. The molecule has 0 aliphatic carbocycles. The summed E-state index contributed by atoms with van der Waals surface area (Å²) in [5.41, 5.74) is 2.27. The van der Waals surface area contributed by atoms with E-state index in [0.717, 1.165) is 24.5 Å². The van der Waals surface area contributed by atoms with Crippen molar-refractivity contribution in [1.29, 1.82) is 0 Å². The van der Waals surface area contributed by atoms with Gasteiger partial charge in [0.25, 0.3) is 0 Å². The molecule has 0 N–H and O–H groups in total. The molecule has 18 heavy (non-hydrogen) atoms. The Bertz CT molecular complexity index is 307. The van der Waals surface area contributed by atoms with Crippen molar-refractivity contribution in [3.05, 3.63) is 29.6 Å². The van der Waals surface area contributed by atoms with Crippen LogP contribution in [0, 0.1) is 0 Å². The number of hydrogen-bond donors (Lipinski definition) is 0. The number of halogens is 3. The number of pyridine rings is 1. The van der Waals surface area contributed by atoms with Crippen molar-refractivity contribution >= 4 is 29.1 Å². The molecule has 0 bridgehead atoms. The number of nitrogens with zero attached hydrogens (tertiary/aromatic N) is 3. The van der Waals surface area contributed by atoms with Gasteiger partial charge in [0.1, 0.15) is 0 Å². The van der Waals surface area contributed by atoms with Gasteiger partial charge < -0.3 is 9.80 Å². The summed E-state index contributed by atoms with van der Waals surface area (Å²) in [5, 5.41) is 0. The van der Waals surface area contributed by atoms with E-state index in [1.807, 2.05) is 0 Å². The van der Waals surface area contributed by atoms with Crippen LogP contribution in [0.4, 0.5) is 0 Å². The van der Waals surface area contributed by atoms with Gasteiger partial charge in [-0.25, -0.2) is 0 Å². The Morgan fingerprint density at radius 2 is 1.28 bits per heavy atom. The SMILES string of the molecule is CN(C)Cc1cccc(CN(C)C)n1.[Cl][Ru]([Cl])[Cl]. The molecule has 0 amide bonds. The predicted octanol–water partition coefficient (Wildman–Crippen LogP) is 3.27. The van der Waals surface area contributed by atoms with Crippen molar-refractivity contribution in [2.45, 2.75) is 13.1 Å². The van der Waals surface area contributed by atoms with Gasteiger partial charge in [0.2, 0.25) is 0 Å². The van der Waals surface area contributed by atoms with Crippen molar-refractivity contribution in [1.82, 2.24) is 14.8 Å². The zero-order valence-corrected chi connectivity index (χ0v) is 15.0. The van der Waals surface area contributed by atoms with Crippen LogP contribution in [0.15, 0.2) is 18.2 Å². The van der Waals surface area contributed by atoms with Crippen LogP contribution in [0.2, 0.25) is 0 Å². The number of aromatic nitrogens is 1. The molecule has 0 aliphatic rings. The average molecular weight is 401 g/mol. The third-order valence-electron chi connectivity index (χ3n) is 1.82. The van der Waals surface area contributed by atoms with Crippen molar-refractivity contribution in [2.75, 3.05) is 28.2 Å². The zero-order valence-electron chi connectivity index (χ0n) is 11.0. The Kier molecular flexibility index (Phi) is 10.7. The zero-order chi connectivity index (χ0) is 14.1. The van der Waals surface area contributed by atoms with E-state index >= 15 is 0 Å². The Balaban J connectivity index is 0.000000631. The molecule has 1 aromatic rings. The van der Waals surface area contributed by atoms with Gasteiger partial charge in [-0.1, -0.05) is 6.07 Å². The summed E-state index contributed by atoms with van der Waals surface area (Å²) in [6, 6.07) is 6.21. The van der Waals surface area contributed by atoms with Crippen LogP contribution in [-0.2, 0) is 26.1 Å². The fourth-order valence-corrected chi connectivity index (χ4v) is 1.35. The maximum absolute atomic E-state index is 4.95. The van der Waals surface area contributed by atoms with E-state index in [1.165, 1.54) is 0 Å². The molecular formula is C11H19Cl3N3Ru. The van der Waals surface area contributed by atoms with Gasteiger partial charge in [-0.05, 0) is 40.3 Å². The van der Waals surface area contributed by atoms with Crippen LogP contribution < -0.4 is 0 Å². The van der Waals surface area contributed by atoms with E-state index in [2.05, 4.69) is 61.2 Å². The third-order valence-corrected chi connectivity index (χ3v) is 1.82. The van der Waals surface area contributed by atoms with Gasteiger partial charge in [0.05, 0.1) is 11.4 Å². The molecule has 0 spiro atoms.